The van der Waals surface area contributed by atoms with E-state index in [-0.39, 0.29) is 34.5 Å². The number of aryl methyl sites for hydroxylation is 1. The van der Waals surface area contributed by atoms with Crippen molar-refractivity contribution >= 4 is 42.8 Å². The van der Waals surface area contributed by atoms with Gasteiger partial charge in [-0.25, -0.2) is 19.1 Å². The number of nitrogens with zero attached hydrogens (tertiary/aromatic N) is 4. The molecule has 0 radical (unpaired) electrons. The van der Waals surface area contributed by atoms with Crippen molar-refractivity contribution in [2.75, 3.05) is 19.0 Å². The van der Waals surface area contributed by atoms with E-state index in [2.05, 4.69) is 31.3 Å². The number of aromatic nitrogens is 4. The molecule has 1 amide bonds. The van der Waals surface area contributed by atoms with Gasteiger partial charge in [-0.05, 0) is 65.5 Å². The Kier molecular flexibility index (Phi) is 14.8. The molecular formula is C38H46FN6O14P. The van der Waals surface area contributed by atoms with Crippen molar-refractivity contribution in [3.63, 3.8) is 0 Å². The Morgan fingerprint density at radius 2 is 1.87 bits per heavy atom. The van der Waals surface area contributed by atoms with Crippen LogP contribution >= 0.6 is 7.75 Å². The van der Waals surface area contributed by atoms with E-state index < -0.39 is 93.0 Å². The Labute approximate surface area is 343 Å². The first-order valence-corrected chi connectivity index (χ1v) is 20.3. The quantitative estimate of drug-likeness (QED) is 0.0379. The number of benzene rings is 1. The van der Waals surface area contributed by atoms with Gasteiger partial charge in [-0.1, -0.05) is 30.5 Å². The van der Waals surface area contributed by atoms with Gasteiger partial charge in [-0.15, -0.1) is 6.42 Å². The predicted octanol–water partition coefficient (Wildman–Crippen LogP) is 4.72. The zero-order chi connectivity index (χ0) is 43.7. The van der Waals surface area contributed by atoms with E-state index >= 15 is 0 Å². The topological polar surface area (TPSA) is 255 Å². The fourth-order valence-corrected chi connectivity index (χ4v) is 7.57. The number of para-hydroxylation sites is 1. The van der Waals surface area contributed by atoms with Gasteiger partial charge < -0.3 is 42.0 Å². The number of nitrogens with one attached hydrogen (secondary N) is 2. The van der Waals surface area contributed by atoms with Crippen LogP contribution in [0.1, 0.15) is 70.8 Å². The molecule has 2 unspecified atom stereocenters. The minimum atomic E-state index is -4.47. The Morgan fingerprint density at radius 3 is 2.52 bits per heavy atom. The molecule has 22 heteroatoms. The molecule has 1 fully saturated rings. The third-order valence-electron chi connectivity index (χ3n) is 9.27. The summed E-state index contributed by atoms with van der Waals surface area (Å²) in [6.45, 7) is 4.11. The van der Waals surface area contributed by atoms with Crippen molar-refractivity contribution in [1.82, 2.24) is 24.6 Å². The van der Waals surface area contributed by atoms with Gasteiger partial charge in [-0.3, -0.25) is 19.4 Å². The lowest BCUT2D eigenvalue weighted by molar-refractivity contribution is -0.152. The molecule has 20 nitrogen and oxygen atoms in total. The van der Waals surface area contributed by atoms with Crippen molar-refractivity contribution in [3.8, 4) is 18.1 Å². The second-order valence-electron chi connectivity index (χ2n) is 14.4. The molecule has 3 aromatic heterocycles. The van der Waals surface area contributed by atoms with Crippen molar-refractivity contribution in [1.29, 1.82) is 0 Å². The number of carbonyl (C=O) groups is 3. The van der Waals surface area contributed by atoms with E-state index in [0.29, 0.717) is 0 Å². The smallest absolute Gasteiger partial charge is 0.461 e. The highest BCUT2D eigenvalue weighted by Crippen LogP contribution is 2.46. The number of hydrogen-bond donors (Lipinski definition) is 3. The molecular weight excluding hydrogens is 814 g/mol. The number of methoxy groups -OCH3 is 1. The van der Waals surface area contributed by atoms with Crippen LogP contribution in [0, 0.1) is 25.3 Å². The molecule has 1 aliphatic rings. The van der Waals surface area contributed by atoms with Gasteiger partial charge in [0.15, 0.2) is 40.7 Å². The maximum Gasteiger partial charge on any atom is 0.519 e. The molecule has 0 spiro atoms. The van der Waals surface area contributed by atoms with Crippen LogP contribution in [0.4, 0.5) is 15.0 Å². The first-order valence-electron chi connectivity index (χ1n) is 18.8. The van der Waals surface area contributed by atoms with Gasteiger partial charge in [0, 0.05) is 7.11 Å². The molecule has 0 aliphatic heterocycles. The van der Waals surface area contributed by atoms with Gasteiger partial charge in [-0.2, -0.15) is 19.4 Å². The van der Waals surface area contributed by atoms with Crippen molar-refractivity contribution in [2.45, 2.75) is 109 Å². The number of ether oxygens (including phenoxy) is 4. The molecule has 3 N–H and O–H groups in total. The van der Waals surface area contributed by atoms with Crippen LogP contribution in [-0.2, 0) is 50.8 Å². The van der Waals surface area contributed by atoms with E-state index in [4.69, 9.17) is 43.3 Å². The number of anilines is 1. The highest BCUT2D eigenvalue weighted by atomic mass is 31.2. The average Bonchev–Trinajstić information content (AvgIpc) is 3.74. The van der Waals surface area contributed by atoms with Gasteiger partial charge in [0.05, 0.1) is 19.3 Å². The monoisotopic (exact) mass is 860 g/mol. The molecule has 0 saturated heterocycles. The summed E-state index contributed by atoms with van der Waals surface area (Å²) in [5.41, 5.74) is -3.82. The predicted molar refractivity (Wildman–Crippen MR) is 207 cm³/mol. The maximum absolute atomic E-state index is 14.8. The number of aliphatic hydroxyl groups excluding tert-OH is 1. The Bertz CT molecular complexity index is 2290. The molecule has 4 atom stereocenters. The van der Waals surface area contributed by atoms with Crippen molar-refractivity contribution in [2.24, 2.45) is 0 Å². The second-order valence-corrected chi connectivity index (χ2v) is 16.1. The molecule has 60 heavy (non-hydrogen) atoms. The molecule has 324 valence electrons. The van der Waals surface area contributed by atoms with Crippen LogP contribution in [0.5, 0.6) is 5.75 Å². The summed E-state index contributed by atoms with van der Waals surface area (Å²) in [5.74, 6) is -0.233. The fourth-order valence-electron chi connectivity index (χ4n) is 6.05. The summed E-state index contributed by atoms with van der Waals surface area (Å²) in [6.07, 6.45) is 6.54. The molecule has 0 bridgehead atoms. The summed E-state index contributed by atoms with van der Waals surface area (Å²) in [5, 5.41) is 16.4. The summed E-state index contributed by atoms with van der Waals surface area (Å²) in [6, 6.07) is 6.85. The number of esters is 2. The second kappa shape index (κ2) is 19.6. The lowest BCUT2D eigenvalue weighted by Crippen LogP contribution is -2.49. The van der Waals surface area contributed by atoms with Crippen molar-refractivity contribution in [3.05, 3.63) is 64.9 Å². The van der Waals surface area contributed by atoms with Crippen LogP contribution in [0.3, 0.4) is 0 Å². The number of hydrogen-bond acceptors (Lipinski definition) is 17. The Balaban J connectivity index is 1.26. The molecule has 1 saturated carbocycles. The first kappa shape index (κ1) is 45.4. The largest absolute Gasteiger partial charge is 0.519 e. The van der Waals surface area contributed by atoms with Crippen LogP contribution in [0.25, 0.3) is 11.2 Å². The number of imidazole rings is 1. The van der Waals surface area contributed by atoms with Crippen LogP contribution < -0.4 is 20.8 Å². The third-order valence-corrected chi connectivity index (χ3v) is 10.9. The number of aliphatic hydroxyl groups is 1. The molecule has 4 aromatic rings. The highest BCUT2D eigenvalue weighted by molar-refractivity contribution is 7.52. The zero-order valence-electron chi connectivity index (χ0n) is 33.5. The SMILES string of the molecule is C#CC(COP(=O)(N[C@@H](C)C(=O)OC1CCCCC1)Oc1ccccc1)(OC)[C@@H](O)Cn1cnc2c(NC(=O)OC(C)(C)CC(=O)OCc3oc(=O)oc3C)nc(F)nc21. The molecule has 5 rings (SSSR count). The summed E-state index contributed by atoms with van der Waals surface area (Å²) >= 11 is 0. The molecule has 3 heterocycles. The van der Waals surface area contributed by atoms with E-state index in [9.17, 15) is 33.2 Å². The minimum absolute atomic E-state index is 0.0124. The lowest BCUT2D eigenvalue weighted by Gasteiger charge is -2.33. The number of rotatable bonds is 19. The van der Waals surface area contributed by atoms with Gasteiger partial charge >= 0.3 is 37.7 Å². The normalized spacial score (nSPS) is 16.4. The third kappa shape index (κ3) is 12.0. The summed E-state index contributed by atoms with van der Waals surface area (Å²) in [7, 11) is -3.29. The summed E-state index contributed by atoms with van der Waals surface area (Å²) in [4.78, 5) is 61.2. The van der Waals surface area contributed by atoms with E-state index in [1.807, 2.05) is 0 Å². The van der Waals surface area contributed by atoms with Crippen molar-refractivity contribution < 1.29 is 65.3 Å². The number of amides is 1. The zero-order valence-corrected chi connectivity index (χ0v) is 34.4. The van der Waals surface area contributed by atoms with Gasteiger partial charge in [0.1, 0.15) is 36.2 Å². The van der Waals surface area contributed by atoms with Gasteiger partial charge in [0.2, 0.25) is 0 Å². The standard InChI is InChI=1S/C38H46FN6O14P/c1-7-38(52-6,21-54-60(51,59-26-16-12-9-13-17-26)44-23(2)33(48)56-25-14-10-8-11-15-25)28(46)19-45-22-40-30-31(41-34(39)43-32(30)45)42-35(49)58-37(4,5)18-29(47)53-20-27-24(3)55-36(50)57-27/h1,9,12-13,16-17,22-23,25,28,46H,8,10-11,14-15,18-21H2,2-6H3,(H,44,51)(H,41,42,43,49)/t23-,28-,38?,60?/m0/s1. The lowest BCUT2D eigenvalue weighted by atomic mass is 9.98. The van der Waals surface area contributed by atoms with Crippen LogP contribution in [0.2, 0.25) is 0 Å². The maximum atomic E-state index is 14.8. The van der Waals surface area contributed by atoms with E-state index in [1.54, 1.807) is 18.2 Å². The number of terminal acetylenes is 1. The number of carbonyl (C=O) groups excluding carboxylic acids is 3. The average molecular weight is 861 g/mol. The minimum Gasteiger partial charge on any atom is -0.461 e. The molecule has 1 aliphatic carbocycles. The van der Waals surface area contributed by atoms with E-state index in [0.717, 1.165) is 38.4 Å². The number of halogens is 1. The van der Waals surface area contributed by atoms with E-state index in [1.165, 1.54) is 51.5 Å². The highest BCUT2D eigenvalue weighted by Gasteiger charge is 2.42. The van der Waals surface area contributed by atoms with Crippen LogP contribution in [-0.4, -0.2) is 85.8 Å². The Morgan fingerprint density at radius 1 is 1.15 bits per heavy atom. The summed E-state index contributed by atoms with van der Waals surface area (Å²) < 4.78 is 72.9. The molecule has 1 aromatic carbocycles. The Hall–Kier alpha value is -5.65. The van der Waals surface area contributed by atoms with Gasteiger partial charge in [0.25, 0.3) is 0 Å². The fraction of sp³-hybridized carbons (Fsp3) is 0.500. The number of fused-ring (bicyclic) bond motifs is 1. The van der Waals surface area contributed by atoms with Crippen LogP contribution in [0.15, 0.2) is 50.3 Å². The first-order chi connectivity index (χ1) is 28.4.